The monoisotopic (exact) mass is 456 g/mol. The van der Waals surface area contributed by atoms with E-state index in [4.69, 9.17) is 4.74 Å². The summed E-state index contributed by atoms with van der Waals surface area (Å²) in [6.07, 6.45) is 9.87. The molecular formula is C23H47F3OSSi. The van der Waals surface area contributed by atoms with E-state index < -0.39 is 20.7 Å². The van der Waals surface area contributed by atoms with E-state index in [1.807, 2.05) is 0 Å². The predicted molar refractivity (Wildman–Crippen MR) is 127 cm³/mol. The Bertz CT molecular complexity index is 363. The van der Waals surface area contributed by atoms with Gasteiger partial charge in [-0.1, -0.05) is 76.9 Å². The quantitative estimate of drug-likeness (QED) is 0.133. The number of halogens is 3. The zero-order valence-electron chi connectivity index (χ0n) is 19.5. The molecule has 0 aliphatic carbocycles. The van der Waals surface area contributed by atoms with Crippen LogP contribution in [-0.4, -0.2) is 38.5 Å². The van der Waals surface area contributed by atoms with Crippen LogP contribution in [0.2, 0.25) is 25.2 Å². The first kappa shape index (κ1) is 29.3. The number of rotatable bonds is 20. The van der Waals surface area contributed by atoms with Crippen molar-refractivity contribution in [2.75, 3.05) is 18.1 Å². The second-order valence-electron chi connectivity index (χ2n) is 9.45. The van der Waals surface area contributed by atoms with Crippen molar-refractivity contribution in [3.63, 3.8) is 0 Å². The molecule has 0 aliphatic rings. The first-order valence-corrected chi connectivity index (χ1v) is 16.5. The number of ether oxygens (including phenoxy) is 1. The van der Waals surface area contributed by atoms with Gasteiger partial charge >= 0.3 is 6.18 Å². The Balaban J connectivity index is 3.26. The molecule has 0 aliphatic heterocycles. The van der Waals surface area contributed by atoms with Crippen molar-refractivity contribution in [2.45, 2.75) is 128 Å². The highest BCUT2D eigenvalue weighted by Gasteiger charge is 2.31. The average molecular weight is 457 g/mol. The van der Waals surface area contributed by atoms with E-state index in [0.717, 1.165) is 25.5 Å². The molecule has 0 heterocycles. The molecule has 0 spiro atoms. The van der Waals surface area contributed by atoms with Crippen molar-refractivity contribution in [1.82, 2.24) is 0 Å². The Kier molecular flexibility index (Phi) is 18.1. The molecule has 0 aromatic heterocycles. The number of thioether (sulfide) groups is 1. The molecule has 0 rings (SSSR count). The van der Waals surface area contributed by atoms with Crippen LogP contribution in [-0.2, 0) is 4.74 Å². The fourth-order valence-corrected chi connectivity index (χ4v) is 6.76. The van der Waals surface area contributed by atoms with Gasteiger partial charge in [-0.05, 0) is 44.2 Å². The average Bonchev–Trinajstić information content (AvgIpc) is 2.62. The fraction of sp³-hybridized carbons (Fsp3) is 1.00. The summed E-state index contributed by atoms with van der Waals surface area (Å²) >= 11 is 2.06. The zero-order valence-corrected chi connectivity index (χ0v) is 21.4. The number of hydrogen-bond acceptors (Lipinski definition) is 2. The van der Waals surface area contributed by atoms with Crippen molar-refractivity contribution in [2.24, 2.45) is 0 Å². The lowest BCUT2D eigenvalue weighted by atomic mass is 10.1. The Labute approximate surface area is 184 Å². The smallest absolute Gasteiger partial charge is 0.379 e. The van der Waals surface area contributed by atoms with Crippen LogP contribution in [0, 0.1) is 0 Å². The molecule has 29 heavy (non-hydrogen) atoms. The standard InChI is InChI=1S/C23H47F3OSSi/c1-22(2)27-17-15-19-28-18-13-11-9-7-5-6-8-10-12-14-20-29(3,4)21-16-23(24,25)26/h22H,5-21H2,1-4H3. The van der Waals surface area contributed by atoms with E-state index in [-0.39, 0.29) is 0 Å². The van der Waals surface area contributed by atoms with Gasteiger partial charge < -0.3 is 4.74 Å². The van der Waals surface area contributed by atoms with Crippen LogP contribution in [0.15, 0.2) is 0 Å². The molecule has 0 aromatic carbocycles. The third-order valence-electron chi connectivity index (χ3n) is 5.36. The molecule has 0 amide bonds. The summed E-state index contributed by atoms with van der Waals surface area (Å²) in [4.78, 5) is 0. The highest BCUT2D eigenvalue weighted by Crippen LogP contribution is 2.29. The van der Waals surface area contributed by atoms with Gasteiger partial charge in [0, 0.05) is 21.1 Å². The van der Waals surface area contributed by atoms with Gasteiger partial charge in [0.1, 0.15) is 0 Å². The number of alkyl halides is 3. The van der Waals surface area contributed by atoms with Crippen molar-refractivity contribution in [3.05, 3.63) is 0 Å². The first-order chi connectivity index (χ1) is 13.6. The molecular weight excluding hydrogens is 409 g/mol. The van der Waals surface area contributed by atoms with Crippen LogP contribution in [0.5, 0.6) is 0 Å². The normalized spacial score (nSPS) is 12.8. The van der Waals surface area contributed by atoms with E-state index >= 15 is 0 Å². The molecule has 0 atom stereocenters. The topological polar surface area (TPSA) is 9.23 Å². The molecule has 176 valence electrons. The summed E-state index contributed by atoms with van der Waals surface area (Å²) < 4.78 is 42.6. The Morgan fingerprint density at radius 1 is 0.724 bits per heavy atom. The Hall–Kier alpha value is 0.317. The van der Waals surface area contributed by atoms with E-state index in [1.54, 1.807) is 0 Å². The van der Waals surface area contributed by atoms with Crippen LogP contribution < -0.4 is 0 Å². The Morgan fingerprint density at radius 2 is 1.21 bits per heavy atom. The molecule has 1 nitrogen and oxygen atoms in total. The van der Waals surface area contributed by atoms with Crippen LogP contribution in [0.4, 0.5) is 13.2 Å². The fourth-order valence-electron chi connectivity index (χ4n) is 3.41. The molecule has 0 aromatic rings. The largest absolute Gasteiger partial charge is 0.388 e. The van der Waals surface area contributed by atoms with Gasteiger partial charge in [0.15, 0.2) is 0 Å². The molecule has 0 saturated heterocycles. The summed E-state index contributed by atoms with van der Waals surface area (Å²) in [5.74, 6) is 2.50. The lowest BCUT2D eigenvalue weighted by Crippen LogP contribution is -2.27. The van der Waals surface area contributed by atoms with Crippen LogP contribution >= 0.6 is 11.8 Å². The van der Waals surface area contributed by atoms with Gasteiger partial charge in [0.25, 0.3) is 0 Å². The van der Waals surface area contributed by atoms with E-state index in [9.17, 15) is 13.2 Å². The molecule has 6 heteroatoms. The minimum Gasteiger partial charge on any atom is -0.379 e. The summed E-state index contributed by atoms with van der Waals surface area (Å²) in [5.41, 5.74) is 0. The van der Waals surface area contributed by atoms with Gasteiger partial charge in [-0.25, -0.2) is 0 Å². The summed E-state index contributed by atoms with van der Waals surface area (Å²) in [5, 5.41) is 0. The SMILES string of the molecule is CC(C)OCCCSCCCCCCCCCCCC[Si](C)(C)CCC(F)(F)F. The summed E-state index contributed by atoms with van der Waals surface area (Å²) in [6, 6.07) is 1.44. The molecule has 0 bridgehead atoms. The molecule has 0 radical (unpaired) electrons. The van der Waals surface area contributed by atoms with Gasteiger partial charge in [-0.2, -0.15) is 24.9 Å². The van der Waals surface area contributed by atoms with Crippen molar-refractivity contribution in [3.8, 4) is 0 Å². The summed E-state index contributed by atoms with van der Waals surface area (Å²) in [6.45, 7) is 9.28. The maximum atomic E-state index is 12.4. The Morgan fingerprint density at radius 3 is 1.72 bits per heavy atom. The van der Waals surface area contributed by atoms with Crippen LogP contribution in [0.1, 0.15) is 90.9 Å². The van der Waals surface area contributed by atoms with Gasteiger partial charge in [0.05, 0.1) is 6.10 Å². The van der Waals surface area contributed by atoms with Crippen LogP contribution in [0.3, 0.4) is 0 Å². The maximum Gasteiger partial charge on any atom is 0.388 e. The lowest BCUT2D eigenvalue weighted by molar-refractivity contribution is -0.130. The van der Waals surface area contributed by atoms with Gasteiger partial charge in [-0.15, -0.1) is 0 Å². The second-order valence-corrected chi connectivity index (χ2v) is 16.0. The summed E-state index contributed by atoms with van der Waals surface area (Å²) in [7, 11) is -1.65. The maximum absolute atomic E-state index is 12.4. The minimum absolute atomic E-state index is 0.352. The minimum atomic E-state index is -3.98. The van der Waals surface area contributed by atoms with Crippen LogP contribution in [0.25, 0.3) is 0 Å². The van der Waals surface area contributed by atoms with Crippen molar-refractivity contribution >= 4 is 19.8 Å². The molecule has 0 fully saturated rings. The zero-order chi connectivity index (χ0) is 22.0. The highest BCUT2D eigenvalue weighted by molar-refractivity contribution is 7.99. The van der Waals surface area contributed by atoms with E-state index in [1.165, 1.54) is 69.3 Å². The highest BCUT2D eigenvalue weighted by atomic mass is 32.2. The third-order valence-corrected chi connectivity index (χ3v) is 9.83. The molecule has 0 saturated carbocycles. The lowest BCUT2D eigenvalue weighted by Gasteiger charge is -2.23. The number of hydrogen-bond donors (Lipinski definition) is 0. The predicted octanol–water partition coefficient (Wildman–Crippen LogP) is 9.10. The van der Waals surface area contributed by atoms with Crippen molar-refractivity contribution < 1.29 is 17.9 Å². The third kappa shape index (κ3) is 24.5. The molecule has 0 N–H and O–H groups in total. The second kappa shape index (κ2) is 17.9. The van der Waals surface area contributed by atoms with Gasteiger partial charge in [-0.3, -0.25) is 0 Å². The first-order valence-electron chi connectivity index (χ1n) is 11.9. The van der Waals surface area contributed by atoms with Gasteiger partial charge in [0.2, 0.25) is 0 Å². The van der Waals surface area contributed by atoms with E-state index in [0.29, 0.717) is 12.1 Å². The van der Waals surface area contributed by atoms with E-state index in [2.05, 4.69) is 38.7 Å². The van der Waals surface area contributed by atoms with Crippen molar-refractivity contribution in [1.29, 1.82) is 0 Å². The molecule has 0 unspecified atom stereocenters. The number of unbranched alkanes of at least 4 members (excludes halogenated alkanes) is 9.